The van der Waals surface area contributed by atoms with Crippen molar-refractivity contribution >= 4 is 33.4 Å². The fourth-order valence-electron chi connectivity index (χ4n) is 2.97. The summed E-state index contributed by atoms with van der Waals surface area (Å²) in [6.45, 7) is 5.87. The van der Waals surface area contributed by atoms with E-state index >= 15 is 0 Å². The highest BCUT2D eigenvalue weighted by atomic mass is 35.5. The molecule has 1 atom stereocenters. The predicted octanol–water partition coefficient (Wildman–Crippen LogP) is 3.15. The van der Waals surface area contributed by atoms with Gasteiger partial charge in [0, 0.05) is 25.2 Å². The largest absolute Gasteiger partial charge is 0.354 e. The number of halogens is 1. The Morgan fingerprint density at radius 3 is 2.16 bits per heavy atom. The molecule has 1 N–H and O–H groups in total. The summed E-state index contributed by atoms with van der Waals surface area (Å²) in [7, 11) is -2.56. The molecule has 0 saturated carbocycles. The van der Waals surface area contributed by atoms with E-state index in [4.69, 9.17) is 11.6 Å². The maximum absolute atomic E-state index is 13.2. The molecule has 2 amide bonds. The van der Waals surface area contributed by atoms with Crippen molar-refractivity contribution in [1.29, 1.82) is 0 Å². The SMILES string of the molecule is CC(C)CNC(=O)[C@H](C)N(Cc1ccccc1)C(=O)CN(C)S(=O)(=O)c1ccc(Cl)cc1. The van der Waals surface area contributed by atoms with Crippen molar-refractivity contribution in [2.45, 2.75) is 38.3 Å². The number of carbonyl (C=O) groups is 2. The molecule has 0 aliphatic heterocycles. The first-order chi connectivity index (χ1) is 15.0. The topological polar surface area (TPSA) is 86.8 Å². The van der Waals surface area contributed by atoms with Crippen LogP contribution in [0.2, 0.25) is 5.02 Å². The molecule has 0 unspecified atom stereocenters. The van der Waals surface area contributed by atoms with E-state index in [9.17, 15) is 18.0 Å². The summed E-state index contributed by atoms with van der Waals surface area (Å²) < 4.78 is 26.7. The number of hydrogen-bond acceptors (Lipinski definition) is 4. The summed E-state index contributed by atoms with van der Waals surface area (Å²) >= 11 is 5.85. The van der Waals surface area contributed by atoms with Crippen LogP contribution >= 0.6 is 11.6 Å². The van der Waals surface area contributed by atoms with Gasteiger partial charge in [-0.15, -0.1) is 0 Å². The summed E-state index contributed by atoms with van der Waals surface area (Å²) in [6.07, 6.45) is 0. The molecule has 174 valence electrons. The van der Waals surface area contributed by atoms with Crippen LogP contribution in [0.4, 0.5) is 0 Å². The molecule has 9 heteroatoms. The standard InChI is InChI=1S/C23H30ClN3O4S/c1-17(2)14-25-23(29)18(3)27(15-19-8-6-5-7-9-19)22(28)16-26(4)32(30,31)21-12-10-20(24)11-13-21/h5-13,17-18H,14-16H2,1-4H3,(H,25,29)/t18-/m0/s1. The Balaban J connectivity index is 2.22. The van der Waals surface area contributed by atoms with Gasteiger partial charge in [-0.2, -0.15) is 4.31 Å². The number of likely N-dealkylation sites (N-methyl/N-ethyl adjacent to an activating group) is 1. The molecule has 2 rings (SSSR count). The van der Waals surface area contributed by atoms with Gasteiger partial charge in [0.2, 0.25) is 21.8 Å². The van der Waals surface area contributed by atoms with Crippen LogP contribution in [0, 0.1) is 5.92 Å². The average molecular weight is 480 g/mol. The number of hydrogen-bond donors (Lipinski definition) is 1. The Bertz CT molecular complexity index is 1010. The van der Waals surface area contributed by atoms with Gasteiger partial charge in [-0.1, -0.05) is 55.8 Å². The van der Waals surface area contributed by atoms with Crippen LogP contribution in [0.25, 0.3) is 0 Å². The number of rotatable bonds is 10. The number of nitrogens with one attached hydrogen (secondary N) is 1. The van der Waals surface area contributed by atoms with Gasteiger partial charge in [-0.05, 0) is 42.7 Å². The maximum atomic E-state index is 13.2. The van der Waals surface area contributed by atoms with Crippen molar-refractivity contribution in [3.63, 3.8) is 0 Å². The molecular weight excluding hydrogens is 450 g/mol. The van der Waals surface area contributed by atoms with E-state index in [0.717, 1.165) is 9.87 Å². The molecule has 2 aromatic carbocycles. The molecule has 0 aromatic heterocycles. The van der Waals surface area contributed by atoms with Crippen LogP contribution in [0.3, 0.4) is 0 Å². The van der Waals surface area contributed by atoms with E-state index in [0.29, 0.717) is 11.6 Å². The highest BCUT2D eigenvalue weighted by molar-refractivity contribution is 7.89. The highest BCUT2D eigenvalue weighted by Crippen LogP contribution is 2.18. The second-order valence-corrected chi connectivity index (χ2v) is 10.5. The third-order valence-corrected chi connectivity index (χ3v) is 7.00. The third kappa shape index (κ3) is 7.05. The second kappa shape index (κ2) is 11.4. The van der Waals surface area contributed by atoms with E-state index in [1.807, 2.05) is 44.2 Å². The zero-order chi connectivity index (χ0) is 23.9. The van der Waals surface area contributed by atoms with Gasteiger partial charge < -0.3 is 10.2 Å². The molecule has 2 aromatic rings. The van der Waals surface area contributed by atoms with Gasteiger partial charge in [0.05, 0.1) is 11.4 Å². The number of amides is 2. The lowest BCUT2D eigenvalue weighted by Crippen LogP contribution is -2.51. The lowest BCUT2D eigenvalue weighted by atomic mass is 10.1. The van der Waals surface area contributed by atoms with Crippen molar-refractivity contribution in [1.82, 2.24) is 14.5 Å². The van der Waals surface area contributed by atoms with Crippen LogP contribution in [-0.4, -0.2) is 55.6 Å². The van der Waals surface area contributed by atoms with Crippen molar-refractivity contribution in [2.24, 2.45) is 5.92 Å². The molecular formula is C23H30ClN3O4S. The second-order valence-electron chi connectivity index (χ2n) is 8.04. The van der Waals surface area contributed by atoms with Crippen LogP contribution in [-0.2, 0) is 26.2 Å². The summed E-state index contributed by atoms with van der Waals surface area (Å²) in [6, 6.07) is 14.2. The first-order valence-electron chi connectivity index (χ1n) is 10.4. The van der Waals surface area contributed by atoms with Crippen molar-refractivity contribution in [2.75, 3.05) is 20.1 Å². The van der Waals surface area contributed by atoms with Gasteiger partial charge in [0.25, 0.3) is 0 Å². The maximum Gasteiger partial charge on any atom is 0.243 e. The zero-order valence-corrected chi connectivity index (χ0v) is 20.4. The summed E-state index contributed by atoms with van der Waals surface area (Å²) in [4.78, 5) is 27.3. The molecule has 0 fully saturated rings. The summed E-state index contributed by atoms with van der Waals surface area (Å²) in [5.41, 5.74) is 0.840. The minimum atomic E-state index is -3.90. The molecule has 0 radical (unpaired) electrons. The van der Waals surface area contributed by atoms with Crippen molar-refractivity contribution in [3.8, 4) is 0 Å². The van der Waals surface area contributed by atoms with E-state index < -0.39 is 28.5 Å². The van der Waals surface area contributed by atoms with E-state index in [-0.39, 0.29) is 23.3 Å². The molecule has 0 aliphatic rings. The molecule has 0 aliphatic carbocycles. The molecule has 7 nitrogen and oxygen atoms in total. The first-order valence-corrected chi connectivity index (χ1v) is 12.2. The molecule has 0 saturated heterocycles. The summed E-state index contributed by atoms with van der Waals surface area (Å²) in [5.74, 6) is -0.493. The van der Waals surface area contributed by atoms with Crippen LogP contribution in [0.15, 0.2) is 59.5 Å². The first kappa shape index (κ1) is 25.8. The quantitative estimate of drug-likeness (QED) is 0.567. The van der Waals surface area contributed by atoms with Crippen molar-refractivity contribution < 1.29 is 18.0 Å². The van der Waals surface area contributed by atoms with Gasteiger partial charge in [-0.3, -0.25) is 9.59 Å². The normalized spacial score (nSPS) is 12.6. The van der Waals surface area contributed by atoms with Gasteiger partial charge in [0.15, 0.2) is 0 Å². The molecule has 32 heavy (non-hydrogen) atoms. The van der Waals surface area contributed by atoms with E-state index in [1.54, 1.807) is 6.92 Å². The smallest absolute Gasteiger partial charge is 0.243 e. The van der Waals surface area contributed by atoms with Crippen LogP contribution < -0.4 is 5.32 Å². The van der Waals surface area contributed by atoms with Gasteiger partial charge in [0.1, 0.15) is 6.04 Å². The Hall–Kier alpha value is -2.42. The third-order valence-electron chi connectivity index (χ3n) is 4.93. The average Bonchev–Trinajstić information content (AvgIpc) is 2.76. The lowest BCUT2D eigenvalue weighted by molar-refractivity contribution is -0.140. The Morgan fingerprint density at radius 1 is 1.00 bits per heavy atom. The zero-order valence-electron chi connectivity index (χ0n) is 18.8. The van der Waals surface area contributed by atoms with Crippen molar-refractivity contribution in [3.05, 3.63) is 65.2 Å². The minimum Gasteiger partial charge on any atom is -0.354 e. The Labute approximate surface area is 195 Å². The fraction of sp³-hybridized carbons (Fsp3) is 0.391. The molecule has 0 heterocycles. The van der Waals surface area contributed by atoms with E-state index in [1.165, 1.54) is 36.2 Å². The summed E-state index contributed by atoms with van der Waals surface area (Å²) in [5, 5.41) is 3.26. The van der Waals surface area contributed by atoms with Crippen LogP contribution in [0.1, 0.15) is 26.3 Å². The number of carbonyl (C=O) groups excluding carboxylic acids is 2. The van der Waals surface area contributed by atoms with Gasteiger partial charge >= 0.3 is 0 Å². The monoisotopic (exact) mass is 479 g/mol. The van der Waals surface area contributed by atoms with Crippen LogP contribution in [0.5, 0.6) is 0 Å². The minimum absolute atomic E-state index is 0.0366. The fourth-order valence-corrected chi connectivity index (χ4v) is 4.21. The predicted molar refractivity (Wildman–Crippen MR) is 126 cm³/mol. The van der Waals surface area contributed by atoms with Gasteiger partial charge in [-0.25, -0.2) is 8.42 Å². The van der Waals surface area contributed by atoms with E-state index in [2.05, 4.69) is 5.32 Å². The number of benzene rings is 2. The molecule has 0 bridgehead atoms. The highest BCUT2D eigenvalue weighted by Gasteiger charge is 2.30. The Morgan fingerprint density at radius 2 is 1.59 bits per heavy atom. The molecule has 0 spiro atoms. The number of nitrogens with zero attached hydrogens (tertiary/aromatic N) is 2. The number of sulfonamides is 1. The lowest BCUT2D eigenvalue weighted by Gasteiger charge is -2.30. The Kier molecular flexibility index (Phi) is 9.24.